The predicted molar refractivity (Wildman–Crippen MR) is 75.9 cm³/mol. The zero-order chi connectivity index (χ0) is 13.0. The highest BCUT2D eigenvalue weighted by Crippen LogP contribution is 2.21. The summed E-state index contributed by atoms with van der Waals surface area (Å²) in [5.41, 5.74) is 4.19. The summed E-state index contributed by atoms with van der Waals surface area (Å²) >= 11 is 4.68. The highest BCUT2D eigenvalue weighted by atomic mass is 79.9. The summed E-state index contributed by atoms with van der Waals surface area (Å²) in [6, 6.07) is 7.26. The molecule has 2 heterocycles. The summed E-state index contributed by atoms with van der Waals surface area (Å²) in [4.78, 5) is 16.3. The van der Waals surface area contributed by atoms with Gasteiger partial charge in [-0.2, -0.15) is 5.10 Å². The molecule has 0 aliphatic carbocycles. The number of thiophene rings is 1. The van der Waals surface area contributed by atoms with Crippen LogP contribution in [0.5, 0.6) is 0 Å². The molecule has 0 unspecified atom stereocenters. The maximum Gasteiger partial charge on any atom is 0.281 e. The number of hydrogen-bond donors (Lipinski definition) is 1. The van der Waals surface area contributed by atoms with Crippen molar-refractivity contribution in [3.63, 3.8) is 0 Å². The minimum Gasteiger partial charge on any atom is -0.266 e. The number of hydrazone groups is 1. The zero-order valence-electron chi connectivity index (χ0n) is 9.55. The third kappa shape index (κ3) is 3.24. The van der Waals surface area contributed by atoms with E-state index in [1.54, 1.807) is 18.5 Å². The first-order chi connectivity index (χ1) is 8.66. The van der Waals surface area contributed by atoms with Gasteiger partial charge in [0.2, 0.25) is 0 Å². The normalized spacial score (nSPS) is 11.3. The second-order valence-corrected chi connectivity index (χ2v) is 5.94. The van der Waals surface area contributed by atoms with E-state index in [1.165, 1.54) is 11.3 Å². The van der Waals surface area contributed by atoms with Crippen LogP contribution in [-0.2, 0) is 0 Å². The Hall–Kier alpha value is -1.53. The molecule has 1 amide bonds. The maximum absolute atomic E-state index is 11.8. The Morgan fingerprint density at radius 1 is 1.33 bits per heavy atom. The summed E-state index contributed by atoms with van der Waals surface area (Å²) in [6.45, 7) is 1.83. The number of halogens is 1. The van der Waals surface area contributed by atoms with Gasteiger partial charge in [-0.3, -0.25) is 9.78 Å². The first-order valence-corrected chi connectivity index (χ1v) is 6.78. The van der Waals surface area contributed by atoms with Crippen LogP contribution in [0.2, 0.25) is 0 Å². The highest BCUT2D eigenvalue weighted by molar-refractivity contribution is 9.11. The van der Waals surface area contributed by atoms with E-state index in [-0.39, 0.29) is 5.91 Å². The lowest BCUT2D eigenvalue weighted by Crippen LogP contribution is -2.18. The molecule has 0 saturated carbocycles. The fourth-order valence-corrected chi connectivity index (χ4v) is 2.56. The van der Waals surface area contributed by atoms with Gasteiger partial charge in [-0.15, -0.1) is 11.3 Å². The summed E-state index contributed by atoms with van der Waals surface area (Å²) in [5, 5.41) is 4.06. The Bertz CT molecular complexity index is 580. The average molecular weight is 324 g/mol. The summed E-state index contributed by atoms with van der Waals surface area (Å²) in [7, 11) is 0. The number of pyridine rings is 1. The van der Waals surface area contributed by atoms with Crippen LogP contribution >= 0.6 is 27.3 Å². The number of carbonyl (C=O) groups is 1. The molecule has 18 heavy (non-hydrogen) atoms. The van der Waals surface area contributed by atoms with Gasteiger partial charge in [0.15, 0.2) is 0 Å². The molecule has 2 aromatic heterocycles. The molecule has 1 N–H and O–H groups in total. The van der Waals surface area contributed by atoms with E-state index < -0.39 is 0 Å². The van der Waals surface area contributed by atoms with Crippen molar-refractivity contribution in [3.05, 3.63) is 50.9 Å². The second-order valence-electron chi connectivity index (χ2n) is 3.48. The number of hydrogen-bond acceptors (Lipinski definition) is 4. The van der Waals surface area contributed by atoms with Crippen molar-refractivity contribution >= 4 is 38.9 Å². The third-order valence-electron chi connectivity index (χ3n) is 2.22. The molecule has 4 nitrogen and oxygen atoms in total. The molecule has 6 heteroatoms. The number of nitrogens with one attached hydrogen (secondary N) is 1. The molecule has 0 saturated heterocycles. The van der Waals surface area contributed by atoms with Crippen LogP contribution in [0.25, 0.3) is 0 Å². The molecule has 0 bridgehead atoms. The Kier molecular flexibility index (Phi) is 4.22. The van der Waals surface area contributed by atoms with Gasteiger partial charge in [0.25, 0.3) is 5.91 Å². The first kappa shape index (κ1) is 12.9. The van der Waals surface area contributed by atoms with Crippen LogP contribution in [0.3, 0.4) is 0 Å². The van der Waals surface area contributed by atoms with Crippen LogP contribution in [0, 0.1) is 0 Å². The third-order valence-corrected chi connectivity index (χ3v) is 3.84. The lowest BCUT2D eigenvalue weighted by Gasteiger charge is -2.00. The molecule has 92 valence electrons. The van der Waals surface area contributed by atoms with E-state index in [4.69, 9.17) is 0 Å². The Morgan fingerprint density at radius 3 is 2.67 bits per heavy atom. The monoisotopic (exact) mass is 323 g/mol. The molecular weight excluding hydrogens is 314 g/mol. The standard InChI is InChI=1S/C12H10BrN3OS/c1-8(9-4-6-14-7-5-9)15-16-12(17)10-2-3-11(13)18-10/h2-7H,1H3,(H,16,17)/b15-8+. The molecule has 2 rings (SSSR count). The Labute approximate surface area is 117 Å². The number of rotatable bonds is 3. The molecule has 0 spiro atoms. The van der Waals surface area contributed by atoms with Gasteiger partial charge in [-0.1, -0.05) is 0 Å². The summed E-state index contributed by atoms with van der Waals surface area (Å²) in [6.07, 6.45) is 3.37. The van der Waals surface area contributed by atoms with Crippen molar-refractivity contribution < 1.29 is 4.79 Å². The number of aromatic nitrogens is 1. The van der Waals surface area contributed by atoms with Crippen LogP contribution in [-0.4, -0.2) is 16.6 Å². The lowest BCUT2D eigenvalue weighted by molar-refractivity contribution is 0.0959. The quantitative estimate of drug-likeness (QED) is 0.697. The largest absolute Gasteiger partial charge is 0.281 e. The SMILES string of the molecule is C/C(=N\NC(=O)c1ccc(Br)s1)c1ccncc1. The number of amides is 1. The number of nitrogens with zero attached hydrogens (tertiary/aromatic N) is 2. The fraction of sp³-hybridized carbons (Fsp3) is 0.0833. The highest BCUT2D eigenvalue weighted by Gasteiger charge is 2.07. The van der Waals surface area contributed by atoms with E-state index in [0.717, 1.165) is 15.1 Å². The van der Waals surface area contributed by atoms with Gasteiger partial charge in [0, 0.05) is 18.0 Å². The van der Waals surface area contributed by atoms with Gasteiger partial charge >= 0.3 is 0 Å². The topological polar surface area (TPSA) is 54.4 Å². The van der Waals surface area contributed by atoms with Crippen molar-refractivity contribution in [2.24, 2.45) is 5.10 Å². The van der Waals surface area contributed by atoms with E-state index in [2.05, 4.69) is 31.4 Å². The van der Waals surface area contributed by atoms with Crippen molar-refractivity contribution in [1.29, 1.82) is 0 Å². The van der Waals surface area contributed by atoms with Crippen LogP contribution in [0.1, 0.15) is 22.2 Å². The lowest BCUT2D eigenvalue weighted by atomic mass is 10.2. The minimum absolute atomic E-state index is 0.209. The summed E-state index contributed by atoms with van der Waals surface area (Å²) in [5.74, 6) is -0.209. The molecule has 0 fully saturated rings. The second kappa shape index (κ2) is 5.88. The summed E-state index contributed by atoms with van der Waals surface area (Å²) < 4.78 is 0.919. The van der Waals surface area contributed by atoms with E-state index in [9.17, 15) is 4.79 Å². The van der Waals surface area contributed by atoms with E-state index in [1.807, 2.05) is 25.1 Å². The van der Waals surface area contributed by atoms with Crippen LogP contribution in [0.4, 0.5) is 0 Å². The molecule has 0 radical (unpaired) electrons. The zero-order valence-corrected chi connectivity index (χ0v) is 12.0. The molecular formula is C12H10BrN3OS. The molecule has 0 atom stereocenters. The smallest absolute Gasteiger partial charge is 0.266 e. The fourth-order valence-electron chi connectivity index (χ4n) is 1.28. The van der Waals surface area contributed by atoms with Crippen LogP contribution in [0.15, 0.2) is 45.5 Å². The molecule has 2 aromatic rings. The van der Waals surface area contributed by atoms with Gasteiger partial charge in [-0.25, -0.2) is 5.43 Å². The molecule has 0 aromatic carbocycles. The number of carbonyl (C=O) groups excluding carboxylic acids is 1. The van der Waals surface area contributed by atoms with E-state index >= 15 is 0 Å². The first-order valence-electron chi connectivity index (χ1n) is 5.17. The van der Waals surface area contributed by atoms with Crippen molar-refractivity contribution in [2.75, 3.05) is 0 Å². The Morgan fingerprint density at radius 2 is 2.06 bits per heavy atom. The van der Waals surface area contributed by atoms with Crippen molar-refractivity contribution in [2.45, 2.75) is 6.92 Å². The Balaban J connectivity index is 2.05. The maximum atomic E-state index is 11.8. The van der Waals surface area contributed by atoms with Gasteiger partial charge in [0.05, 0.1) is 14.4 Å². The average Bonchev–Trinajstić information content (AvgIpc) is 2.83. The van der Waals surface area contributed by atoms with E-state index in [0.29, 0.717) is 4.88 Å². The molecule has 0 aliphatic heterocycles. The van der Waals surface area contributed by atoms with Crippen molar-refractivity contribution in [3.8, 4) is 0 Å². The van der Waals surface area contributed by atoms with Gasteiger partial charge in [0.1, 0.15) is 0 Å². The predicted octanol–water partition coefficient (Wildman–Crippen LogP) is 3.06. The van der Waals surface area contributed by atoms with Gasteiger partial charge < -0.3 is 0 Å². The van der Waals surface area contributed by atoms with Crippen molar-refractivity contribution in [1.82, 2.24) is 10.4 Å². The van der Waals surface area contributed by atoms with Crippen LogP contribution < -0.4 is 5.43 Å². The van der Waals surface area contributed by atoms with Gasteiger partial charge in [-0.05, 0) is 47.1 Å². The minimum atomic E-state index is -0.209. The molecule has 0 aliphatic rings.